The minimum Gasteiger partial charge on any atom is -0.312 e. The van der Waals surface area contributed by atoms with Crippen LogP contribution in [0.15, 0.2) is 0 Å². The SMILES string of the molecule is C[C@@H]1NCCS[C@@H]1C. The summed E-state index contributed by atoms with van der Waals surface area (Å²) in [5.74, 6) is 1.28. The molecule has 2 atom stereocenters. The lowest BCUT2D eigenvalue weighted by molar-refractivity contribution is 0.550. The van der Waals surface area contributed by atoms with Crippen molar-refractivity contribution in [1.82, 2.24) is 5.32 Å². The van der Waals surface area contributed by atoms with Crippen molar-refractivity contribution in [3.63, 3.8) is 0 Å². The first-order chi connectivity index (χ1) is 3.80. The molecule has 1 heterocycles. The average Bonchev–Trinajstić information content (AvgIpc) is 1.77. The summed E-state index contributed by atoms with van der Waals surface area (Å²) in [5.41, 5.74) is 0. The van der Waals surface area contributed by atoms with E-state index in [0.29, 0.717) is 6.04 Å². The van der Waals surface area contributed by atoms with Crippen LogP contribution in [-0.2, 0) is 0 Å². The Morgan fingerprint density at radius 1 is 1.50 bits per heavy atom. The molecule has 0 spiro atoms. The van der Waals surface area contributed by atoms with Crippen molar-refractivity contribution in [1.29, 1.82) is 0 Å². The van der Waals surface area contributed by atoms with E-state index in [2.05, 4.69) is 30.9 Å². The minimum atomic E-state index is 0.716. The molecule has 1 aliphatic rings. The van der Waals surface area contributed by atoms with E-state index in [9.17, 15) is 0 Å². The second-order valence-electron chi connectivity index (χ2n) is 2.32. The van der Waals surface area contributed by atoms with Crippen LogP contribution in [0.3, 0.4) is 0 Å². The summed E-state index contributed by atoms with van der Waals surface area (Å²) in [4.78, 5) is 0. The van der Waals surface area contributed by atoms with Gasteiger partial charge in [0.15, 0.2) is 0 Å². The van der Waals surface area contributed by atoms with Gasteiger partial charge in [0.05, 0.1) is 0 Å². The third kappa shape index (κ3) is 1.39. The molecule has 0 amide bonds. The Kier molecular flexibility index (Phi) is 2.20. The summed E-state index contributed by atoms with van der Waals surface area (Å²) in [7, 11) is 0. The molecule has 1 saturated heterocycles. The smallest absolute Gasteiger partial charge is 0.0170 e. The molecule has 1 fully saturated rings. The van der Waals surface area contributed by atoms with Crippen LogP contribution in [-0.4, -0.2) is 23.6 Å². The Labute approximate surface area is 55.2 Å². The highest BCUT2D eigenvalue weighted by Gasteiger charge is 2.15. The van der Waals surface area contributed by atoms with Gasteiger partial charge in [-0.05, 0) is 6.92 Å². The van der Waals surface area contributed by atoms with Gasteiger partial charge in [-0.25, -0.2) is 0 Å². The maximum Gasteiger partial charge on any atom is 0.0170 e. The van der Waals surface area contributed by atoms with Crippen LogP contribution in [0.1, 0.15) is 13.8 Å². The lowest BCUT2D eigenvalue weighted by atomic mass is 10.2. The van der Waals surface area contributed by atoms with Crippen LogP contribution in [0.4, 0.5) is 0 Å². The molecular formula is C6H13NS. The standard InChI is InChI=1S/C6H13NS/c1-5-6(2)8-4-3-7-5/h5-7H,3-4H2,1-2H3/t5-,6+/m0/s1. The van der Waals surface area contributed by atoms with Crippen molar-refractivity contribution < 1.29 is 0 Å². The molecule has 1 rings (SSSR count). The van der Waals surface area contributed by atoms with Crippen molar-refractivity contribution in [3.8, 4) is 0 Å². The molecule has 0 aromatic heterocycles. The van der Waals surface area contributed by atoms with Gasteiger partial charge in [0.2, 0.25) is 0 Å². The van der Waals surface area contributed by atoms with Gasteiger partial charge < -0.3 is 5.32 Å². The zero-order valence-electron chi connectivity index (χ0n) is 5.48. The summed E-state index contributed by atoms with van der Waals surface area (Å²) < 4.78 is 0. The first-order valence-electron chi connectivity index (χ1n) is 3.15. The molecule has 0 aromatic carbocycles. The Bertz CT molecular complexity index is 64.9. The number of hydrogen-bond donors (Lipinski definition) is 1. The molecule has 48 valence electrons. The molecular weight excluding hydrogens is 118 g/mol. The van der Waals surface area contributed by atoms with Crippen molar-refractivity contribution in [2.75, 3.05) is 12.3 Å². The Balaban J connectivity index is 2.28. The number of rotatable bonds is 0. The fourth-order valence-electron chi connectivity index (χ4n) is 0.842. The molecule has 1 nitrogen and oxygen atoms in total. The van der Waals surface area contributed by atoms with E-state index in [-0.39, 0.29) is 0 Å². The molecule has 1 N–H and O–H groups in total. The number of nitrogens with one attached hydrogen (secondary N) is 1. The molecule has 0 radical (unpaired) electrons. The predicted octanol–water partition coefficient (Wildman–Crippen LogP) is 1.10. The lowest BCUT2D eigenvalue weighted by Gasteiger charge is -2.25. The molecule has 0 saturated carbocycles. The third-order valence-electron chi connectivity index (χ3n) is 1.65. The van der Waals surface area contributed by atoms with E-state index >= 15 is 0 Å². The van der Waals surface area contributed by atoms with Gasteiger partial charge in [0, 0.05) is 23.6 Å². The van der Waals surface area contributed by atoms with Crippen LogP contribution in [0.5, 0.6) is 0 Å². The van der Waals surface area contributed by atoms with Crippen LogP contribution in [0.2, 0.25) is 0 Å². The summed E-state index contributed by atoms with van der Waals surface area (Å²) in [6.45, 7) is 5.72. The zero-order chi connectivity index (χ0) is 5.98. The monoisotopic (exact) mass is 131 g/mol. The van der Waals surface area contributed by atoms with E-state index < -0.39 is 0 Å². The highest BCUT2D eigenvalue weighted by molar-refractivity contribution is 8.00. The van der Waals surface area contributed by atoms with Crippen LogP contribution in [0, 0.1) is 0 Å². The van der Waals surface area contributed by atoms with Gasteiger partial charge in [0.25, 0.3) is 0 Å². The normalized spacial score (nSPS) is 39.8. The Hall–Kier alpha value is 0.310. The van der Waals surface area contributed by atoms with Gasteiger partial charge >= 0.3 is 0 Å². The summed E-state index contributed by atoms with van der Waals surface area (Å²) in [6.07, 6.45) is 0. The van der Waals surface area contributed by atoms with Crippen LogP contribution < -0.4 is 5.32 Å². The van der Waals surface area contributed by atoms with E-state index in [1.54, 1.807) is 0 Å². The van der Waals surface area contributed by atoms with Crippen molar-refractivity contribution in [3.05, 3.63) is 0 Å². The fraction of sp³-hybridized carbons (Fsp3) is 1.00. The molecule has 2 heteroatoms. The third-order valence-corrected chi connectivity index (χ3v) is 3.03. The van der Waals surface area contributed by atoms with Crippen molar-refractivity contribution in [2.24, 2.45) is 0 Å². The Morgan fingerprint density at radius 3 is 2.62 bits per heavy atom. The predicted molar refractivity (Wildman–Crippen MR) is 39.4 cm³/mol. The van der Waals surface area contributed by atoms with E-state index in [1.807, 2.05) is 0 Å². The number of hydrogen-bond acceptors (Lipinski definition) is 2. The zero-order valence-corrected chi connectivity index (χ0v) is 6.29. The van der Waals surface area contributed by atoms with E-state index in [1.165, 1.54) is 12.3 Å². The van der Waals surface area contributed by atoms with Gasteiger partial charge in [-0.15, -0.1) is 0 Å². The quantitative estimate of drug-likeness (QED) is 0.528. The van der Waals surface area contributed by atoms with E-state index in [4.69, 9.17) is 0 Å². The molecule has 0 bridgehead atoms. The van der Waals surface area contributed by atoms with Crippen molar-refractivity contribution in [2.45, 2.75) is 25.1 Å². The summed E-state index contributed by atoms with van der Waals surface area (Å²) in [5, 5.41) is 4.22. The van der Waals surface area contributed by atoms with Gasteiger partial charge in [-0.3, -0.25) is 0 Å². The number of thioether (sulfide) groups is 1. The maximum absolute atomic E-state index is 3.41. The summed E-state index contributed by atoms with van der Waals surface area (Å²) in [6, 6.07) is 0.716. The second-order valence-corrected chi connectivity index (χ2v) is 3.80. The van der Waals surface area contributed by atoms with Gasteiger partial charge in [-0.2, -0.15) is 11.8 Å². The van der Waals surface area contributed by atoms with Gasteiger partial charge in [-0.1, -0.05) is 6.92 Å². The summed E-state index contributed by atoms with van der Waals surface area (Å²) >= 11 is 2.06. The maximum atomic E-state index is 3.41. The largest absolute Gasteiger partial charge is 0.312 e. The lowest BCUT2D eigenvalue weighted by Crippen LogP contribution is -2.39. The van der Waals surface area contributed by atoms with Crippen LogP contribution in [0.25, 0.3) is 0 Å². The Morgan fingerprint density at radius 2 is 2.25 bits per heavy atom. The molecule has 1 aliphatic heterocycles. The second kappa shape index (κ2) is 2.74. The first-order valence-corrected chi connectivity index (χ1v) is 4.20. The highest BCUT2D eigenvalue weighted by atomic mass is 32.2. The van der Waals surface area contributed by atoms with Crippen molar-refractivity contribution >= 4 is 11.8 Å². The van der Waals surface area contributed by atoms with E-state index in [0.717, 1.165) is 5.25 Å². The fourth-order valence-corrected chi connectivity index (χ4v) is 1.83. The van der Waals surface area contributed by atoms with Crippen LogP contribution >= 0.6 is 11.8 Å². The average molecular weight is 131 g/mol. The molecule has 0 aliphatic carbocycles. The highest BCUT2D eigenvalue weighted by Crippen LogP contribution is 2.16. The topological polar surface area (TPSA) is 12.0 Å². The first kappa shape index (κ1) is 6.43. The molecule has 8 heavy (non-hydrogen) atoms. The minimum absolute atomic E-state index is 0.716. The van der Waals surface area contributed by atoms with Gasteiger partial charge in [0.1, 0.15) is 0 Å². The molecule has 0 aromatic rings. The molecule has 0 unspecified atom stereocenters.